The maximum absolute atomic E-state index is 11.3. The summed E-state index contributed by atoms with van der Waals surface area (Å²) in [6.45, 7) is 2.90. The molecular weight excluding hydrogens is 284 g/mol. The van der Waals surface area contributed by atoms with Gasteiger partial charge in [-0.15, -0.1) is 0 Å². The molecule has 0 heterocycles. The van der Waals surface area contributed by atoms with Gasteiger partial charge in [0.05, 0.1) is 18.0 Å². The summed E-state index contributed by atoms with van der Waals surface area (Å²) in [5.74, 6) is -0.278. The number of hydrogen-bond donors (Lipinski definition) is 0. The number of carbonyl (C=O) groups excluding carboxylic acids is 1. The lowest BCUT2D eigenvalue weighted by Crippen LogP contribution is -2.22. The number of hydrogen-bond acceptors (Lipinski definition) is 5. The predicted molar refractivity (Wildman–Crippen MR) is 75.7 cm³/mol. The Morgan fingerprint density at radius 1 is 1.50 bits per heavy atom. The van der Waals surface area contributed by atoms with Crippen molar-refractivity contribution in [1.82, 2.24) is 4.90 Å². The third-order valence-electron chi connectivity index (χ3n) is 2.68. The zero-order valence-corrected chi connectivity index (χ0v) is 12.2. The molecule has 0 atom stereocenters. The molecule has 0 aliphatic heterocycles. The lowest BCUT2D eigenvalue weighted by molar-refractivity contribution is -0.385. The highest BCUT2D eigenvalue weighted by Gasteiger charge is 2.16. The minimum atomic E-state index is -0.440. The fourth-order valence-electron chi connectivity index (χ4n) is 1.74. The van der Waals surface area contributed by atoms with E-state index >= 15 is 0 Å². The first kappa shape index (κ1) is 16.4. The molecule has 0 spiro atoms. The highest BCUT2D eigenvalue weighted by atomic mass is 35.5. The summed E-state index contributed by atoms with van der Waals surface area (Å²) in [5.41, 5.74) is 0.547. The van der Waals surface area contributed by atoms with Crippen LogP contribution in [0, 0.1) is 10.1 Å². The second kappa shape index (κ2) is 7.81. The maximum atomic E-state index is 11.3. The minimum absolute atomic E-state index is 0.0254. The first-order chi connectivity index (χ1) is 9.43. The molecule has 0 aliphatic rings. The molecule has 0 aromatic heterocycles. The number of ether oxygens (including phenoxy) is 1. The number of rotatable bonds is 7. The zero-order chi connectivity index (χ0) is 15.1. The van der Waals surface area contributed by atoms with Crippen molar-refractivity contribution in [3.63, 3.8) is 0 Å². The van der Waals surface area contributed by atoms with E-state index in [4.69, 9.17) is 16.3 Å². The van der Waals surface area contributed by atoms with Gasteiger partial charge >= 0.3 is 5.97 Å². The molecule has 0 saturated carbocycles. The van der Waals surface area contributed by atoms with E-state index in [1.807, 2.05) is 4.90 Å². The van der Waals surface area contributed by atoms with Crippen LogP contribution in [0.2, 0.25) is 5.02 Å². The van der Waals surface area contributed by atoms with Crippen molar-refractivity contribution in [2.24, 2.45) is 0 Å². The molecule has 0 unspecified atom stereocenters. The van der Waals surface area contributed by atoms with E-state index in [-0.39, 0.29) is 18.1 Å². The quantitative estimate of drug-likeness (QED) is 0.440. The summed E-state index contributed by atoms with van der Waals surface area (Å²) in [4.78, 5) is 23.6. The van der Waals surface area contributed by atoms with Crippen LogP contribution < -0.4 is 0 Å². The van der Waals surface area contributed by atoms with Gasteiger partial charge in [0.1, 0.15) is 0 Å². The standard InChI is InChI=1S/C13H17ClN2O4/c1-3-20-13(17)6-7-15(2)9-10-8-11(14)4-5-12(10)16(18)19/h4-5,8H,3,6-7,9H2,1-2H3. The van der Waals surface area contributed by atoms with Crippen molar-refractivity contribution in [3.8, 4) is 0 Å². The molecule has 1 aromatic rings. The molecule has 0 N–H and O–H groups in total. The SMILES string of the molecule is CCOC(=O)CCN(C)Cc1cc(Cl)ccc1[N+](=O)[O-]. The predicted octanol–water partition coefficient (Wildman–Crippen LogP) is 2.63. The smallest absolute Gasteiger partial charge is 0.307 e. The largest absolute Gasteiger partial charge is 0.466 e. The first-order valence-corrected chi connectivity index (χ1v) is 6.58. The summed E-state index contributed by atoms with van der Waals surface area (Å²) < 4.78 is 4.83. The Bertz CT molecular complexity index is 493. The fraction of sp³-hybridized carbons (Fsp3) is 0.462. The lowest BCUT2D eigenvalue weighted by atomic mass is 10.1. The van der Waals surface area contributed by atoms with Crippen molar-refractivity contribution >= 4 is 23.3 Å². The molecule has 110 valence electrons. The molecule has 0 aliphatic carbocycles. The fourth-order valence-corrected chi connectivity index (χ4v) is 1.94. The average molecular weight is 301 g/mol. The normalized spacial score (nSPS) is 10.6. The van der Waals surface area contributed by atoms with Crippen LogP contribution in [0.1, 0.15) is 18.9 Å². The Labute approximate surface area is 122 Å². The summed E-state index contributed by atoms with van der Waals surface area (Å²) in [6.07, 6.45) is 0.249. The Kier molecular flexibility index (Phi) is 6.41. The highest BCUT2D eigenvalue weighted by Crippen LogP contribution is 2.23. The van der Waals surface area contributed by atoms with Crippen LogP contribution in [0.15, 0.2) is 18.2 Å². The molecule has 1 rings (SSSR count). The van der Waals surface area contributed by atoms with Gasteiger partial charge in [-0.3, -0.25) is 14.9 Å². The number of nitro benzene ring substituents is 1. The monoisotopic (exact) mass is 300 g/mol. The van der Waals surface area contributed by atoms with Crippen LogP contribution in [-0.4, -0.2) is 36.0 Å². The summed E-state index contributed by atoms with van der Waals surface area (Å²) >= 11 is 5.86. The Morgan fingerprint density at radius 3 is 2.80 bits per heavy atom. The highest BCUT2D eigenvalue weighted by molar-refractivity contribution is 6.30. The molecule has 20 heavy (non-hydrogen) atoms. The minimum Gasteiger partial charge on any atom is -0.466 e. The van der Waals surface area contributed by atoms with Crippen molar-refractivity contribution in [3.05, 3.63) is 38.9 Å². The molecule has 6 nitrogen and oxygen atoms in total. The third kappa shape index (κ3) is 5.14. The van der Waals surface area contributed by atoms with Gasteiger partial charge in [0.15, 0.2) is 0 Å². The number of carbonyl (C=O) groups is 1. The van der Waals surface area contributed by atoms with E-state index in [1.165, 1.54) is 12.1 Å². The van der Waals surface area contributed by atoms with E-state index in [1.54, 1.807) is 20.0 Å². The Hall–Kier alpha value is -1.66. The summed E-state index contributed by atoms with van der Waals surface area (Å²) in [5, 5.41) is 11.4. The summed E-state index contributed by atoms with van der Waals surface area (Å²) in [6, 6.07) is 4.44. The molecule has 0 radical (unpaired) electrons. The Morgan fingerprint density at radius 2 is 2.20 bits per heavy atom. The van der Waals surface area contributed by atoms with Gasteiger partial charge in [0.25, 0.3) is 5.69 Å². The molecule has 0 amide bonds. The van der Waals surface area contributed by atoms with Gasteiger partial charge in [0.2, 0.25) is 0 Å². The molecule has 7 heteroatoms. The van der Waals surface area contributed by atoms with Crippen LogP contribution in [-0.2, 0) is 16.1 Å². The topological polar surface area (TPSA) is 72.7 Å². The van der Waals surface area contributed by atoms with Crippen LogP contribution in [0.25, 0.3) is 0 Å². The third-order valence-corrected chi connectivity index (χ3v) is 2.92. The average Bonchev–Trinajstić information content (AvgIpc) is 2.36. The lowest BCUT2D eigenvalue weighted by Gasteiger charge is -2.16. The van der Waals surface area contributed by atoms with Gasteiger partial charge < -0.3 is 9.64 Å². The van der Waals surface area contributed by atoms with E-state index in [0.717, 1.165) is 0 Å². The van der Waals surface area contributed by atoms with Crippen molar-refractivity contribution < 1.29 is 14.5 Å². The van der Waals surface area contributed by atoms with E-state index in [0.29, 0.717) is 30.3 Å². The van der Waals surface area contributed by atoms with Gasteiger partial charge in [-0.1, -0.05) is 11.6 Å². The number of nitro groups is 1. The number of benzene rings is 1. The van der Waals surface area contributed by atoms with Gasteiger partial charge in [-0.2, -0.15) is 0 Å². The van der Waals surface area contributed by atoms with E-state index in [2.05, 4.69) is 0 Å². The van der Waals surface area contributed by atoms with Crippen molar-refractivity contribution in [2.45, 2.75) is 19.9 Å². The van der Waals surface area contributed by atoms with Gasteiger partial charge in [0, 0.05) is 29.7 Å². The molecule has 0 fully saturated rings. The molecule has 1 aromatic carbocycles. The molecule has 0 bridgehead atoms. The van der Waals surface area contributed by atoms with Crippen LogP contribution in [0.5, 0.6) is 0 Å². The Balaban J connectivity index is 2.65. The number of halogens is 1. The first-order valence-electron chi connectivity index (χ1n) is 6.21. The van der Waals surface area contributed by atoms with Crippen molar-refractivity contribution in [1.29, 1.82) is 0 Å². The van der Waals surface area contributed by atoms with E-state index < -0.39 is 4.92 Å². The summed E-state index contributed by atoms with van der Waals surface area (Å²) in [7, 11) is 1.78. The molecular formula is C13H17ClN2O4. The number of nitrogens with zero attached hydrogens (tertiary/aromatic N) is 2. The van der Waals surface area contributed by atoms with Crippen molar-refractivity contribution in [2.75, 3.05) is 20.2 Å². The zero-order valence-electron chi connectivity index (χ0n) is 11.5. The van der Waals surface area contributed by atoms with E-state index in [9.17, 15) is 14.9 Å². The second-order valence-electron chi connectivity index (χ2n) is 4.32. The van der Waals surface area contributed by atoms with Gasteiger partial charge in [-0.05, 0) is 26.1 Å². The maximum Gasteiger partial charge on any atom is 0.307 e. The van der Waals surface area contributed by atoms with Gasteiger partial charge in [-0.25, -0.2) is 0 Å². The van der Waals surface area contributed by atoms with Crippen LogP contribution in [0.4, 0.5) is 5.69 Å². The van der Waals surface area contributed by atoms with Crippen LogP contribution in [0.3, 0.4) is 0 Å². The second-order valence-corrected chi connectivity index (χ2v) is 4.76. The van der Waals surface area contributed by atoms with Crippen LogP contribution >= 0.6 is 11.6 Å². The molecule has 0 saturated heterocycles. The number of esters is 1.